The van der Waals surface area contributed by atoms with Crippen LogP contribution in [-0.4, -0.2) is 79.3 Å². The number of alkyl halides is 1. The van der Waals surface area contributed by atoms with Crippen LogP contribution in [0.15, 0.2) is 36.5 Å². The van der Waals surface area contributed by atoms with Crippen LogP contribution in [0.25, 0.3) is 5.65 Å². The van der Waals surface area contributed by atoms with E-state index < -0.39 is 14.5 Å². The van der Waals surface area contributed by atoms with Crippen LogP contribution in [0.1, 0.15) is 77.0 Å². The van der Waals surface area contributed by atoms with Gasteiger partial charge in [0.2, 0.25) is 5.95 Å². The van der Waals surface area contributed by atoms with Crippen molar-refractivity contribution in [2.45, 2.75) is 89.8 Å². The largest absolute Gasteiger partial charge is 0.493 e. The summed E-state index contributed by atoms with van der Waals surface area (Å²) in [6.45, 7) is 17.1. The molecule has 2 aromatic heterocycles. The molecule has 1 saturated heterocycles. The Morgan fingerprint density at radius 3 is 2.52 bits per heavy atom. The summed E-state index contributed by atoms with van der Waals surface area (Å²) in [6, 6.07) is 8.24. The number of benzene rings is 1. The summed E-state index contributed by atoms with van der Waals surface area (Å²) in [6.07, 6.45) is 0.933. The van der Waals surface area contributed by atoms with E-state index in [0.29, 0.717) is 70.3 Å². The van der Waals surface area contributed by atoms with Gasteiger partial charge in [-0.25, -0.2) is 8.91 Å². The van der Waals surface area contributed by atoms with Gasteiger partial charge in [-0.1, -0.05) is 65.3 Å². The molecule has 242 valence electrons. The highest BCUT2D eigenvalue weighted by atomic mass is 35.5. The summed E-state index contributed by atoms with van der Waals surface area (Å²) in [5.41, 5.74) is 2.75. The summed E-state index contributed by atoms with van der Waals surface area (Å²) in [5, 5.41) is 7.88. The van der Waals surface area contributed by atoms with Crippen molar-refractivity contribution in [2.24, 2.45) is 0 Å². The van der Waals surface area contributed by atoms with Crippen LogP contribution in [0, 0.1) is 0 Å². The van der Waals surface area contributed by atoms with Gasteiger partial charge in [0.1, 0.15) is 6.17 Å². The maximum absolute atomic E-state index is 14.8. The lowest BCUT2D eigenvalue weighted by Crippen LogP contribution is -2.53. The molecule has 0 aliphatic carbocycles. The summed E-state index contributed by atoms with van der Waals surface area (Å²) in [7, 11) is -0.509. The number of nitrogens with one attached hydrogen (secondary N) is 1. The highest BCUT2D eigenvalue weighted by molar-refractivity contribution is 6.77. The Morgan fingerprint density at radius 2 is 1.89 bits per heavy atom. The first-order valence-corrected chi connectivity index (χ1v) is 18.0. The second-order valence-electron chi connectivity index (χ2n) is 12.6. The van der Waals surface area contributed by atoms with Crippen LogP contribution in [0.4, 0.5) is 10.3 Å². The van der Waals surface area contributed by atoms with Gasteiger partial charge < -0.3 is 24.1 Å². The van der Waals surface area contributed by atoms with E-state index in [4.69, 9.17) is 25.5 Å². The van der Waals surface area contributed by atoms with Crippen molar-refractivity contribution in [3.63, 3.8) is 0 Å². The number of anilines is 1. The number of fused-ring (bicyclic) bond motifs is 1. The van der Waals surface area contributed by atoms with Crippen molar-refractivity contribution in [2.75, 3.05) is 38.7 Å². The van der Waals surface area contributed by atoms with E-state index in [0.717, 1.165) is 0 Å². The molecule has 0 radical (unpaired) electrons. The number of hydrogen-bond donors (Lipinski definition) is 1. The Bertz CT molecular complexity index is 1400. The Hall–Kier alpha value is -2.73. The monoisotopic (exact) mass is 647 g/mol. The maximum Gasteiger partial charge on any atom is 0.255 e. The second-order valence-corrected chi connectivity index (χ2v) is 18.5. The minimum atomic E-state index is -2.03. The molecule has 1 fully saturated rings. The fraction of sp³-hybridized carbons (Fsp3) is 0.594. The SMILES string of the molecule is COc1cc(C(=O)N2CC(C)OCC2CCO[Si](C(C)C)(C(C)C)C(C)C)cn2nc(NCC(F)c3cccc(Cl)c3)nc12. The third-order valence-corrected chi connectivity index (χ3v) is 15.1. The van der Waals surface area contributed by atoms with Crippen LogP contribution in [0.3, 0.4) is 0 Å². The van der Waals surface area contributed by atoms with E-state index >= 15 is 0 Å². The smallest absolute Gasteiger partial charge is 0.255 e. The maximum atomic E-state index is 14.8. The molecule has 3 aromatic rings. The molecule has 3 unspecified atom stereocenters. The zero-order valence-electron chi connectivity index (χ0n) is 27.1. The number of ether oxygens (including phenoxy) is 2. The summed E-state index contributed by atoms with van der Waals surface area (Å²) >= 11 is 6.01. The number of nitrogens with zero attached hydrogens (tertiary/aromatic N) is 4. The molecule has 4 rings (SSSR count). The number of halogens is 2. The molecule has 3 heterocycles. The van der Waals surface area contributed by atoms with Crippen molar-refractivity contribution < 1.29 is 23.1 Å². The van der Waals surface area contributed by atoms with E-state index in [2.05, 4.69) is 56.9 Å². The molecular weight excluding hydrogens is 601 g/mol. The minimum Gasteiger partial charge on any atom is -0.493 e. The van der Waals surface area contributed by atoms with Gasteiger partial charge in [0.15, 0.2) is 19.7 Å². The van der Waals surface area contributed by atoms with E-state index in [-0.39, 0.29) is 30.5 Å². The number of rotatable bonds is 13. The van der Waals surface area contributed by atoms with Gasteiger partial charge in [0, 0.05) is 24.4 Å². The Labute approximate surface area is 266 Å². The molecule has 1 aromatic carbocycles. The van der Waals surface area contributed by atoms with E-state index in [1.54, 1.807) is 36.5 Å². The Kier molecular flexibility index (Phi) is 11.3. The predicted molar refractivity (Wildman–Crippen MR) is 175 cm³/mol. The highest BCUT2D eigenvalue weighted by Crippen LogP contribution is 2.42. The average Bonchev–Trinajstić information content (AvgIpc) is 3.40. The van der Waals surface area contributed by atoms with E-state index in [9.17, 15) is 9.18 Å². The number of methoxy groups -OCH3 is 1. The van der Waals surface area contributed by atoms with Crippen molar-refractivity contribution in [3.8, 4) is 5.75 Å². The summed E-state index contributed by atoms with van der Waals surface area (Å²) in [5.74, 6) is 0.478. The molecule has 0 saturated carbocycles. The summed E-state index contributed by atoms with van der Waals surface area (Å²) in [4.78, 5) is 20.4. The van der Waals surface area contributed by atoms with Crippen LogP contribution in [0.5, 0.6) is 5.75 Å². The van der Waals surface area contributed by atoms with Gasteiger partial charge in [-0.3, -0.25) is 4.79 Å². The standard InChI is InChI=1S/C32H47ClFN5O4Si/c1-20(2)44(21(3)4,22(5)6)43-13-12-27-19-42-23(7)17-38(27)31(40)25-15-29(41-8)30-36-32(37-39(30)18-25)35-16-28(34)24-10-9-11-26(33)14-24/h9-11,14-15,18,20-23,27-28H,12-13,16-17,19H2,1-8H3,(H,35,37). The summed E-state index contributed by atoms with van der Waals surface area (Å²) < 4.78 is 34.7. The van der Waals surface area contributed by atoms with Crippen molar-refractivity contribution in [1.82, 2.24) is 19.5 Å². The van der Waals surface area contributed by atoms with Crippen molar-refractivity contribution >= 4 is 37.4 Å². The number of aromatic nitrogens is 3. The zero-order chi connectivity index (χ0) is 32.2. The molecule has 1 N–H and O–H groups in total. The Morgan fingerprint density at radius 1 is 1.18 bits per heavy atom. The molecular formula is C32H47ClFN5O4Si. The Balaban J connectivity index is 1.51. The number of pyridine rings is 1. The molecule has 1 amide bonds. The number of morpholine rings is 1. The van der Waals surface area contributed by atoms with Gasteiger partial charge in [-0.15, -0.1) is 5.10 Å². The lowest BCUT2D eigenvalue weighted by atomic mass is 10.1. The van der Waals surface area contributed by atoms with Crippen LogP contribution in [0.2, 0.25) is 21.6 Å². The molecule has 12 heteroatoms. The number of carbonyl (C=O) groups is 1. The number of carbonyl (C=O) groups excluding carboxylic acids is 1. The fourth-order valence-electron chi connectivity index (χ4n) is 6.67. The highest BCUT2D eigenvalue weighted by Gasteiger charge is 2.45. The number of amides is 1. The third-order valence-electron chi connectivity index (χ3n) is 8.76. The average molecular weight is 648 g/mol. The zero-order valence-corrected chi connectivity index (χ0v) is 28.9. The molecule has 1 aliphatic rings. The molecule has 3 atom stereocenters. The molecule has 0 spiro atoms. The topological polar surface area (TPSA) is 90.2 Å². The van der Waals surface area contributed by atoms with Crippen LogP contribution in [-0.2, 0) is 9.16 Å². The first-order chi connectivity index (χ1) is 20.9. The first kappa shape index (κ1) is 34.1. The van der Waals surface area contributed by atoms with Gasteiger partial charge in [-0.2, -0.15) is 4.98 Å². The normalized spacial score (nSPS) is 18.4. The van der Waals surface area contributed by atoms with Crippen LogP contribution >= 0.6 is 11.6 Å². The van der Waals surface area contributed by atoms with E-state index in [1.165, 1.54) is 11.6 Å². The van der Waals surface area contributed by atoms with Crippen LogP contribution < -0.4 is 10.1 Å². The van der Waals surface area contributed by atoms with Gasteiger partial charge in [0.05, 0.1) is 38.0 Å². The van der Waals surface area contributed by atoms with Gasteiger partial charge in [-0.05, 0) is 53.7 Å². The fourth-order valence-corrected chi connectivity index (χ4v) is 12.3. The third kappa shape index (κ3) is 7.38. The lowest BCUT2D eigenvalue weighted by molar-refractivity contribution is -0.0483. The van der Waals surface area contributed by atoms with Crippen molar-refractivity contribution in [1.29, 1.82) is 0 Å². The molecule has 9 nitrogen and oxygen atoms in total. The predicted octanol–water partition coefficient (Wildman–Crippen LogP) is 7.33. The first-order valence-electron chi connectivity index (χ1n) is 15.5. The number of hydrogen-bond acceptors (Lipinski definition) is 7. The van der Waals surface area contributed by atoms with Gasteiger partial charge in [0.25, 0.3) is 5.91 Å². The second kappa shape index (κ2) is 14.6. The lowest BCUT2D eigenvalue weighted by Gasteiger charge is -2.43. The quantitative estimate of drug-likeness (QED) is 0.194. The molecule has 1 aliphatic heterocycles. The minimum absolute atomic E-state index is 0.0463. The molecule has 0 bridgehead atoms. The van der Waals surface area contributed by atoms with Gasteiger partial charge >= 0.3 is 0 Å². The molecule has 44 heavy (non-hydrogen) atoms. The van der Waals surface area contributed by atoms with E-state index in [1.807, 2.05) is 11.8 Å². The van der Waals surface area contributed by atoms with Crippen molar-refractivity contribution in [3.05, 3.63) is 52.7 Å².